The number of hydrogen-bond acceptors (Lipinski definition) is 6. The Labute approximate surface area is 152 Å². The van der Waals surface area contributed by atoms with Crippen LogP contribution in [0.5, 0.6) is 11.5 Å². The van der Waals surface area contributed by atoms with Crippen LogP contribution in [0, 0.1) is 12.3 Å². The molecule has 1 atom stereocenters. The number of carbonyl (C=O) groups excluding carboxylic acids is 2. The van der Waals surface area contributed by atoms with Crippen molar-refractivity contribution < 1.29 is 23.8 Å². The van der Waals surface area contributed by atoms with Crippen molar-refractivity contribution in [2.45, 2.75) is 19.9 Å². The molecule has 0 aromatic heterocycles. The van der Waals surface area contributed by atoms with Gasteiger partial charge in [0, 0.05) is 17.8 Å². The van der Waals surface area contributed by atoms with Crippen LogP contribution in [0.2, 0.25) is 0 Å². The van der Waals surface area contributed by atoms with Gasteiger partial charge in [-0.25, -0.2) is 4.79 Å². The maximum Gasteiger partial charge on any atom is 0.414 e. The van der Waals surface area contributed by atoms with Gasteiger partial charge >= 0.3 is 6.09 Å². The van der Waals surface area contributed by atoms with E-state index in [-0.39, 0.29) is 18.9 Å². The number of methoxy groups -OCH3 is 2. The van der Waals surface area contributed by atoms with E-state index < -0.39 is 12.1 Å². The van der Waals surface area contributed by atoms with E-state index in [1.54, 1.807) is 32.2 Å². The monoisotopic (exact) mass is 358 g/mol. The lowest BCUT2D eigenvalue weighted by Gasteiger charge is -2.35. The molecule has 1 aliphatic rings. The number of Topliss-reactive ketones (excluding diaryl/α,β-unsaturated/α-hetero) is 1. The molecule has 1 aliphatic heterocycles. The number of benzene rings is 1. The Kier molecular flexibility index (Phi) is 6.12. The number of carbonyl (C=O) groups is 2. The average molecular weight is 358 g/mol. The van der Waals surface area contributed by atoms with Crippen molar-refractivity contribution in [3.63, 3.8) is 0 Å². The van der Waals surface area contributed by atoms with E-state index in [0.717, 1.165) is 0 Å². The molecule has 0 saturated carbocycles. The standard InChI is InChI=1S/C19H22N2O5/c1-6-8-20-11-14-12(3)21(19(23)26-7-2)15-10-17(25-5)16(24-4)9-13(15)18(14)22/h1,9-12,20H,7-8H2,2-5H3. The molecular weight excluding hydrogens is 336 g/mol. The van der Waals surface area contributed by atoms with Crippen molar-refractivity contribution in [3.05, 3.63) is 29.5 Å². The fourth-order valence-electron chi connectivity index (χ4n) is 2.80. The third kappa shape index (κ3) is 3.45. The van der Waals surface area contributed by atoms with Crippen LogP contribution in [-0.2, 0) is 4.74 Å². The molecule has 0 bridgehead atoms. The smallest absolute Gasteiger partial charge is 0.414 e. The SMILES string of the molecule is C#CCNC=C1C(=O)c2cc(OC)c(OC)cc2N(C(=O)OCC)C1C. The summed E-state index contributed by atoms with van der Waals surface area (Å²) in [5, 5.41) is 2.89. The van der Waals surface area contributed by atoms with Crippen LogP contribution in [-0.4, -0.2) is 45.3 Å². The fourth-order valence-corrected chi connectivity index (χ4v) is 2.80. The molecule has 138 valence electrons. The highest BCUT2D eigenvalue weighted by Crippen LogP contribution is 2.41. The van der Waals surface area contributed by atoms with Crippen LogP contribution in [0.15, 0.2) is 23.9 Å². The molecule has 0 spiro atoms. The third-order valence-electron chi connectivity index (χ3n) is 4.03. The summed E-state index contributed by atoms with van der Waals surface area (Å²) in [6.45, 7) is 3.95. The molecule has 26 heavy (non-hydrogen) atoms. The first-order valence-corrected chi connectivity index (χ1v) is 8.13. The normalized spacial score (nSPS) is 17.3. The zero-order valence-corrected chi connectivity index (χ0v) is 15.3. The van der Waals surface area contributed by atoms with Crippen molar-refractivity contribution in [2.24, 2.45) is 0 Å². The fraction of sp³-hybridized carbons (Fsp3) is 0.368. The number of anilines is 1. The van der Waals surface area contributed by atoms with E-state index in [0.29, 0.717) is 28.3 Å². The van der Waals surface area contributed by atoms with Crippen LogP contribution in [0.3, 0.4) is 0 Å². The summed E-state index contributed by atoms with van der Waals surface area (Å²) in [6, 6.07) is 2.62. The Balaban J connectivity index is 2.63. The first-order valence-electron chi connectivity index (χ1n) is 8.13. The lowest BCUT2D eigenvalue weighted by Crippen LogP contribution is -2.46. The number of ketones is 1. The largest absolute Gasteiger partial charge is 0.493 e. The van der Waals surface area contributed by atoms with Crippen molar-refractivity contribution in [1.82, 2.24) is 5.32 Å². The number of ether oxygens (including phenoxy) is 3. The lowest BCUT2D eigenvalue weighted by molar-refractivity contribution is 0.102. The van der Waals surface area contributed by atoms with Gasteiger partial charge < -0.3 is 19.5 Å². The van der Waals surface area contributed by atoms with Crippen LogP contribution in [0.25, 0.3) is 0 Å². The molecule has 0 saturated heterocycles. The van der Waals surface area contributed by atoms with Gasteiger partial charge in [-0.1, -0.05) is 5.92 Å². The van der Waals surface area contributed by atoms with Crippen LogP contribution in [0.4, 0.5) is 10.5 Å². The number of nitrogens with one attached hydrogen (secondary N) is 1. The van der Waals surface area contributed by atoms with E-state index in [2.05, 4.69) is 11.2 Å². The van der Waals surface area contributed by atoms with Crippen molar-refractivity contribution >= 4 is 17.6 Å². The summed E-state index contributed by atoms with van der Waals surface area (Å²) in [6.07, 6.45) is 6.22. The van der Waals surface area contributed by atoms with Gasteiger partial charge in [-0.15, -0.1) is 6.42 Å². The van der Waals surface area contributed by atoms with Gasteiger partial charge in [-0.05, 0) is 19.9 Å². The summed E-state index contributed by atoms with van der Waals surface area (Å²) < 4.78 is 15.8. The molecule has 1 aromatic rings. The molecule has 0 radical (unpaired) electrons. The first kappa shape index (κ1) is 19.2. The molecular formula is C19H22N2O5. The minimum absolute atomic E-state index is 0.215. The van der Waals surface area contributed by atoms with Crippen LogP contribution < -0.4 is 19.7 Å². The van der Waals surface area contributed by atoms with Gasteiger partial charge in [0.25, 0.3) is 0 Å². The number of terminal acetylenes is 1. The second kappa shape index (κ2) is 8.30. The molecule has 1 unspecified atom stereocenters. The molecule has 7 heteroatoms. The highest BCUT2D eigenvalue weighted by atomic mass is 16.6. The molecule has 7 nitrogen and oxygen atoms in total. The van der Waals surface area contributed by atoms with Crippen molar-refractivity contribution in [2.75, 3.05) is 32.3 Å². The van der Waals surface area contributed by atoms with Crippen molar-refractivity contribution in [3.8, 4) is 23.8 Å². The van der Waals surface area contributed by atoms with Gasteiger partial charge in [0.15, 0.2) is 17.3 Å². The summed E-state index contributed by atoms with van der Waals surface area (Å²) >= 11 is 0. The predicted octanol–water partition coefficient (Wildman–Crippen LogP) is 2.36. The van der Waals surface area contributed by atoms with Gasteiger partial charge in [-0.2, -0.15) is 0 Å². The molecule has 1 N–H and O–H groups in total. The maximum absolute atomic E-state index is 13.0. The topological polar surface area (TPSA) is 77.1 Å². The van der Waals surface area contributed by atoms with E-state index in [9.17, 15) is 9.59 Å². The van der Waals surface area contributed by atoms with Crippen molar-refractivity contribution in [1.29, 1.82) is 0 Å². The first-order chi connectivity index (χ1) is 12.5. The number of nitrogens with zero attached hydrogens (tertiary/aromatic N) is 1. The van der Waals surface area contributed by atoms with E-state index >= 15 is 0 Å². The number of rotatable bonds is 5. The molecule has 0 fully saturated rings. The Morgan fingerprint density at radius 2 is 2.00 bits per heavy atom. The van der Waals surface area contributed by atoms with E-state index in [4.69, 9.17) is 20.6 Å². The maximum atomic E-state index is 13.0. The Hall–Kier alpha value is -3.14. The molecule has 1 amide bonds. The lowest BCUT2D eigenvalue weighted by atomic mass is 9.90. The second-order valence-corrected chi connectivity index (χ2v) is 5.48. The molecule has 2 rings (SSSR count). The summed E-state index contributed by atoms with van der Waals surface area (Å²) in [5.74, 6) is 3.02. The number of fused-ring (bicyclic) bond motifs is 1. The van der Waals surface area contributed by atoms with E-state index in [1.807, 2.05) is 0 Å². The zero-order chi connectivity index (χ0) is 19.3. The van der Waals surface area contributed by atoms with E-state index in [1.165, 1.54) is 19.1 Å². The van der Waals surface area contributed by atoms with Crippen LogP contribution >= 0.6 is 0 Å². The average Bonchev–Trinajstić information content (AvgIpc) is 2.63. The van der Waals surface area contributed by atoms with Gasteiger partial charge in [0.1, 0.15) is 0 Å². The minimum Gasteiger partial charge on any atom is -0.493 e. The molecule has 0 aliphatic carbocycles. The second-order valence-electron chi connectivity index (χ2n) is 5.48. The van der Waals surface area contributed by atoms with Crippen LogP contribution in [0.1, 0.15) is 24.2 Å². The number of amides is 1. The highest BCUT2D eigenvalue weighted by molar-refractivity contribution is 6.18. The Bertz CT molecular complexity index is 779. The highest BCUT2D eigenvalue weighted by Gasteiger charge is 2.38. The van der Waals surface area contributed by atoms with Gasteiger partial charge in [0.05, 0.1) is 44.7 Å². The Morgan fingerprint density at radius 1 is 1.35 bits per heavy atom. The quantitative estimate of drug-likeness (QED) is 0.495. The summed E-state index contributed by atoms with van der Waals surface area (Å²) in [7, 11) is 2.97. The summed E-state index contributed by atoms with van der Waals surface area (Å²) in [4.78, 5) is 27.0. The molecule has 1 aromatic carbocycles. The minimum atomic E-state index is -0.552. The predicted molar refractivity (Wildman–Crippen MR) is 97.8 cm³/mol. The molecule has 1 heterocycles. The van der Waals surface area contributed by atoms with Gasteiger partial charge in [-0.3, -0.25) is 9.69 Å². The summed E-state index contributed by atoms with van der Waals surface area (Å²) in [5.41, 5.74) is 1.13. The Morgan fingerprint density at radius 3 is 2.58 bits per heavy atom. The number of hydrogen-bond donors (Lipinski definition) is 1. The zero-order valence-electron chi connectivity index (χ0n) is 15.3. The van der Waals surface area contributed by atoms with Gasteiger partial charge in [0.2, 0.25) is 0 Å². The third-order valence-corrected chi connectivity index (χ3v) is 4.03.